The first-order valence-electron chi connectivity index (χ1n) is 40.9. The molecule has 0 aliphatic heterocycles. The maximum Gasteiger partial charge on any atom is 0.306 e. The Morgan fingerprint density at radius 1 is 0.327 bits per heavy atom. The van der Waals surface area contributed by atoms with Crippen LogP contribution < -0.4 is 4.89 Å². The Morgan fingerprint density at radius 2 is 0.582 bits per heavy atom. The highest BCUT2D eigenvalue weighted by Crippen LogP contribution is 2.38. The van der Waals surface area contributed by atoms with Crippen LogP contribution in [0.2, 0.25) is 0 Å². The van der Waals surface area contributed by atoms with Gasteiger partial charge in [0.1, 0.15) is 19.8 Å². The van der Waals surface area contributed by atoms with Gasteiger partial charge in [-0.05, 0) is 116 Å². The third-order valence-corrected chi connectivity index (χ3v) is 18.6. The van der Waals surface area contributed by atoms with Crippen molar-refractivity contribution in [2.75, 3.05) is 47.5 Å². The second kappa shape index (κ2) is 77.3. The number of rotatable bonds is 75. The van der Waals surface area contributed by atoms with Crippen molar-refractivity contribution in [3.8, 4) is 0 Å². The number of ether oxygens (including phenoxy) is 2. The number of allylic oxidation sites excluding steroid dienone is 22. The third kappa shape index (κ3) is 81.1. The molecule has 564 valence electrons. The molecule has 0 heterocycles. The van der Waals surface area contributed by atoms with Gasteiger partial charge in [0.15, 0.2) is 6.10 Å². The molecule has 0 aromatic rings. The van der Waals surface area contributed by atoms with Gasteiger partial charge < -0.3 is 27.9 Å². The van der Waals surface area contributed by atoms with E-state index in [9.17, 15) is 19.0 Å². The van der Waals surface area contributed by atoms with Gasteiger partial charge in [0.05, 0.1) is 27.7 Å². The molecule has 10 heteroatoms. The number of phosphoric ester groups is 1. The molecule has 0 aromatic carbocycles. The lowest BCUT2D eigenvalue weighted by atomic mass is 10.0. The number of hydrogen-bond acceptors (Lipinski definition) is 8. The van der Waals surface area contributed by atoms with Crippen molar-refractivity contribution in [3.05, 3.63) is 134 Å². The SMILES string of the molecule is CC/C=C\C/C=C\C/C=C\C/C=C\C/C=C\C/C=C\C/C=C\C/C=C\C/C=C\C/C=C\CCCCCCCCCCC(=O)OC(COC(=O)CCCCCCCCCCCCCCCCCCCCCCCCC/C=C\CCCCCCCCCC)COP(=O)([O-])OCC[N+](C)(C)C. The molecule has 0 spiro atoms. The van der Waals surface area contributed by atoms with Crippen molar-refractivity contribution in [2.24, 2.45) is 0 Å². The highest BCUT2D eigenvalue weighted by molar-refractivity contribution is 7.45. The van der Waals surface area contributed by atoms with Gasteiger partial charge in [-0.1, -0.05) is 366 Å². The predicted molar refractivity (Wildman–Crippen MR) is 424 cm³/mol. The van der Waals surface area contributed by atoms with Gasteiger partial charge >= 0.3 is 11.9 Å². The van der Waals surface area contributed by atoms with E-state index >= 15 is 0 Å². The van der Waals surface area contributed by atoms with E-state index in [2.05, 4.69) is 148 Å². The number of phosphoric acid groups is 1. The zero-order chi connectivity index (χ0) is 71.1. The lowest BCUT2D eigenvalue weighted by molar-refractivity contribution is -0.870. The molecule has 2 atom stereocenters. The fraction of sp³-hybridized carbons (Fsp3) is 0.727. The molecule has 0 rings (SSSR count). The number of unbranched alkanes of at least 4 members (excludes halogenated alkanes) is 39. The predicted octanol–water partition coefficient (Wildman–Crippen LogP) is 26.9. The summed E-state index contributed by atoms with van der Waals surface area (Å²) < 4.78 is 34.4. The topological polar surface area (TPSA) is 111 Å². The summed E-state index contributed by atoms with van der Waals surface area (Å²) in [5, 5.41) is 0. The second-order valence-electron chi connectivity index (χ2n) is 28.4. The molecule has 0 radical (unpaired) electrons. The van der Waals surface area contributed by atoms with E-state index in [1.54, 1.807) is 0 Å². The molecule has 0 fully saturated rings. The number of hydrogen-bond donors (Lipinski definition) is 0. The molecule has 0 aromatic heterocycles. The van der Waals surface area contributed by atoms with Gasteiger partial charge in [-0.15, -0.1) is 0 Å². The van der Waals surface area contributed by atoms with E-state index in [1.807, 2.05) is 21.1 Å². The highest BCUT2D eigenvalue weighted by Gasteiger charge is 2.22. The number of carbonyl (C=O) groups excluding carboxylic acids is 2. The number of carbonyl (C=O) groups is 2. The number of quaternary nitrogens is 1. The van der Waals surface area contributed by atoms with Gasteiger partial charge in [0.25, 0.3) is 7.82 Å². The average molecular weight is 1390 g/mol. The minimum atomic E-state index is -4.66. The first-order chi connectivity index (χ1) is 48.0. The summed E-state index contributed by atoms with van der Waals surface area (Å²) in [6.07, 6.45) is 113. The number of likely N-dealkylation sites (N-methyl/N-ethyl adjacent to an activating group) is 1. The van der Waals surface area contributed by atoms with Crippen LogP contribution in [-0.2, 0) is 32.7 Å². The maximum absolute atomic E-state index is 12.9. The Bertz CT molecular complexity index is 2120. The van der Waals surface area contributed by atoms with Crippen LogP contribution in [0.1, 0.15) is 361 Å². The summed E-state index contributed by atoms with van der Waals surface area (Å²) in [5.74, 6) is -0.836. The lowest BCUT2D eigenvalue weighted by Crippen LogP contribution is -2.37. The smallest absolute Gasteiger partial charge is 0.306 e. The molecule has 0 aliphatic carbocycles. The molecule has 0 amide bonds. The first-order valence-corrected chi connectivity index (χ1v) is 42.4. The van der Waals surface area contributed by atoms with E-state index in [1.165, 1.54) is 218 Å². The van der Waals surface area contributed by atoms with Crippen LogP contribution in [0.25, 0.3) is 0 Å². The highest BCUT2D eigenvalue weighted by atomic mass is 31.2. The van der Waals surface area contributed by atoms with Crippen LogP contribution in [0.15, 0.2) is 134 Å². The van der Waals surface area contributed by atoms with Gasteiger partial charge in [0.2, 0.25) is 0 Å². The van der Waals surface area contributed by atoms with E-state index in [0.29, 0.717) is 17.4 Å². The number of esters is 2. The van der Waals surface area contributed by atoms with Crippen molar-refractivity contribution in [3.63, 3.8) is 0 Å². The molecule has 2 unspecified atom stereocenters. The van der Waals surface area contributed by atoms with Crippen LogP contribution in [0.3, 0.4) is 0 Å². The number of nitrogens with zero attached hydrogens (tertiary/aromatic N) is 1. The Labute approximate surface area is 606 Å². The Morgan fingerprint density at radius 3 is 0.878 bits per heavy atom. The second-order valence-corrected chi connectivity index (χ2v) is 29.8. The van der Waals surface area contributed by atoms with Gasteiger partial charge in [-0.2, -0.15) is 0 Å². The van der Waals surface area contributed by atoms with Crippen LogP contribution in [0.4, 0.5) is 0 Å². The molecule has 0 N–H and O–H groups in total. The van der Waals surface area contributed by atoms with Crippen molar-refractivity contribution >= 4 is 19.8 Å². The first kappa shape index (κ1) is 94.2. The fourth-order valence-corrected chi connectivity index (χ4v) is 12.2. The largest absolute Gasteiger partial charge is 0.756 e. The summed E-state index contributed by atoms with van der Waals surface area (Å²) in [6, 6.07) is 0. The molecule has 0 saturated carbocycles. The molecule has 9 nitrogen and oxygen atoms in total. The molecule has 0 aliphatic rings. The van der Waals surface area contributed by atoms with Gasteiger partial charge in [-0.3, -0.25) is 14.2 Å². The maximum atomic E-state index is 12.9. The molecular weight excluding hydrogens is 1230 g/mol. The zero-order valence-electron chi connectivity index (χ0n) is 64.5. The minimum Gasteiger partial charge on any atom is -0.756 e. The molecule has 0 saturated heterocycles. The van der Waals surface area contributed by atoms with Gasteiger partial charge in [0, 0.05) is 12.8 Å². The summed E-state index contributed by atoms with van der Waals surface area (Å²) >= 11 is 0. The Balaban J connectivity index is 4.02. The van der Waals surface area contributed by atoms with Crippen molar-refractivity contribution < 1.29 is 42.1 Å². The van der Waals surface area contributed by atoms with E-state index in [0.717, 1.165) is 109 Å². The Hall–Kier alpha value is -3.85. The quantitative estimate of drug-likeness (QED) is 0.0195. The summed E-state index contributed by atoms with van der Waals surface area (Å²) in [6.45, 7) is 4.15. The summed E-state index contributed by atoms with van der Waals surface area (Å²) in [5.41, 5.74) is 0. The Kier molecular flexibility index (Phi) is 74.3. The standard InChI is InChI=1S/C88H154NO8P/c1-6-8-10-12-14-16-18-20-22-24-26-28-30-32-34-36-38-40-42-43-44-45-47-49-51-53-55-57-59-61-63-65-67-69-71-73-75-77-79-81-88(91)97-86(85-96-98(92,93)95-83-82-89(3,4)5)84-94-87(90)80-78-76-74-72-70-68-66-64-62-60-58-56-54-52-50-48-46-41-39-37-35-33-31-29-27-25-23-21-19-17-15-13-11-9-7-2/h8,10,14,16,20,22,25-28,32,34,38,40,43-44,47,49,53,55,59,61,86H,6-7,9,11-13,15,17-19,21,23-24,29-31,33,35-37,39,41-42,45-46,48,50-52,54,56-58,60,62-85H2,1-5H3/b10-8-,16-14-,22-20-,27-25-,28-26-,34-32-,40-38-,44-43-,49-47-,55-53-,61-59-. The summed E-state index contributed by atoms with van der Waals surface area (Å²) in [4.78, 5) is 38.2. The van der Waals surface area contributed by atoms with Crippen LogP contribution in [-0.4, -0.2) is 70.0 Å². The fourth-order valence-electron chi connectivity index (χ4n) is 11.4. The molecular formula is C88H154NO8P. The molecule has 0 bridgehead atoms. The van der Waals surface area contributed by atoms with Crippen LogP contribution >= 0.6 is 7.82 Å². The van der Waals surface area contributed by atoms with Gasteiger partial charge in [-0.25, -0.2) is 0 Å². The van der Waals surface area contributed by atoms with Crippen molar-refractivity contribution in [2.45, 2.75) is 367 Å². The zero-order valence-corrected chi connectivity index (χ0v) is 65.3. The van der Waals surface area contributed by atoms with Crippen LogP contribution in [0.5, 0.6) is 0 Å². The van der Waals surface area contributed by atoms with E-state index in [-0.39, 0.29) is 32.0 Å². The lowest BCUT2D eigenvalue weighted by Gasteiger charge is -2.28. The summed E-state index contributed by atoms with van der Waals surface area (Å²) in [7, 11) is 1.16. The molecule has 98 heavy (non-hydrogen) atoms. The average Bonchev–Trinajstić information content (AvgIpc) is 1.23. The van der Waals surface area contributed by atoms with Crippen LogP contribution in [0, 0.1) is 0 Å². The van der Waals surface area contributed by atoms with E-state index < -0.39 is 26.5 Å². The van der Waals surface area contributed by atoms with Crippen molar-refractivity contribution in [1.29, 1.82) is 0 Å². The van der Waals surface area contributed by atoms with Crippen molar-refractivity contribution in [1.82, 2.24) is 0 Å². The third-order valence-electron chi connectivity index (χ3n) is 17.7. The normalized spacial score (nSPS) is 13.7. The monoisotopic (exact) mass is 1380 g/mol. The van der Waals surface area contributed by atoms with E-state index in [4.69, 9.17) is 18.5 Å². The minimum absolute atomic E-state index is 0.0369.